The first-order valence-corrected chi connectivity index (χ1v) is 13.4. The molecule has 2 unspecified atom stereocenters. The number of phenols is 1. The van der Waals surface area contributed by atoms with Crippen LogP contribution in [0, 0.1) is 22.2 Å². The zero-order valence-electron chi connectivity index (χ0n) is 22.1. The van der Waals surface area contributed by atoms with E-state index in [1.807, 2.05) is 6.92 Å². The van der Waals surface area contributed by atoms with E-state index in [-0.39, 0.29) is 38.9 Å². The lowest BCUT2D eigenvalue weighted by atomic mass is 9.55. The molecule has 1 aromatic rings. The average Bonchev–Trinajstić information content (AvgIpc) is 2.57. The predicted octanol–water partition coefficient (Wildman–Crippen LogP) is 6.59. The fourth-order valence-electron chi connectivity index (χ4n) is 6.72. The molecule has 0 spiro atoms. The van der Waals surface area contributed by atoms with Crippen LogP contribution in [0.3, 0.4) is 0 Å². The molecule has 0 saturated carbocycles. The standard InChI is InChI=1S/C26H44O6S/c1-11-12-17-20(31-10)19(27)21-18(22(17)33(28,29)30)23(25(7,8)14-24(4,5)6)26(9,15-32-21)13-16(2)3/h16,23,27H,11-15H2,1-10H3,(H,28,29,30). The molecule has 0 bridgehead atoms. The Balaban J connectivity index is 3.07. The van der Waals surface area contributed by atoms with Gasteiger partial charge >= 0.3 is 0 Å². The molecule has 1 aromatic carbocycles. The van der Waals surface area contributed by atoms with Gasteiger partial charge in [-0.2, -0.15) is 8.42 Å². The highest BCUT2D eigenvalue weighted by Crippen LogP contribution is 2.63. The van der Waals surface area contributed by atoms with Crippen molar-refractivity contribution in [3.8, 4) is 17.2 Å². The second-order valence-corrected chi connectivity index (χ2v) is 13.7. The Morgan fingerprint density at radius 1 is 1.21 bits per heavy atom. The van der Waals surface area contributed by atoms with Gasteiger partial charge in [0.25, 0.3) is 10.1 Å². The van der Waals surface area contributed by atoms with Crippen LogP contribution in [0.15, 0.2) is 4.90 Å². The van der Waals surface area contributed by atoms with E-state index in [2.05, 4.69) is 55.4 Å². The minimum absolute atomic E-state index is 0.0142. The second kappa shape index (κ2) is 9.29. The monoisotopic (exact) mass is 484 g/mol. The Labute approximate surface area is 200 Å². The molecule has 0 aliphatic carbocycles. The van der Waals surface area contributed by atoms with Gasteiger partial charge in [-0.3, -0.25) is 4.55 Å². The minimum Gasteiger partial charge on any atom is -0.502 e. The summed E-state index contributed by atoms with van der Waals surface area (Å²) >= 11 is 0. The number of hydrogen-bond donors (Lipinski definition) is 2. The maximum absolute atomic E-state index is 12.9. The molecule has 1 aliphatic rings. The molecule has 1 aliphatic heterocycles. The van der Waals surface area contributed by atoms with Crippen LogP contribution in [0.5, 0.6) is 17.2 Å². The van der Waals surface area contributed by atoms with Crippen molar-refractivity contribution in [2.45, 2.75) is 98.8 Å². The van der Waals surface area contributed by atoms with E-state index in [4.69, 9.17) is 9.47 Å². The summed E-state index contributed by atoms with van der Waals surface area (Å²) in [6.45, 7) is 19.5. The van der Waals surface area contributed by atoms with Crippen LogP contribution in [-0.4, -0.2) is 31.8 Å². The first-order chi connectivity index (χ1) is 14.9. The smallest absolute Gasteiger partial charge is 0.295 e. The lowest BCUT2D eigenvalue weighted by molar-refractivity contribution is 0.00603. The van der Waals surface area contributed by atoms with Gasteiger partial charge in [0, 0.05) is 22.5 Å². The SMILES string of the molecule is CCCc1c(OC)c(O)c2c(c1S(=O)(=O)O)C(C(C)(C)CC(C)(C)C)C(C)(CC(C)C)CO2. The van der Waals surface area contributed by atoms with Gasteiger partial charge in [0.05, 0.1) is 13.7 Å². The summed E-state index contributed by atoms with van der Waals surface area (Å²) in [7, 11) is -3.24. The lowest BCUT2D eigenvalue weighted by Crippen LogP contribution is -2.46. The molecule has 7 heteroatoms. The van der Waals surface area contributed by atoms with E-state index >= 15 is 0 Å². The molecular formula is C26H44O6S. The third kappa shape index (κ3) is 5.61. The normalized spacial score (nSPS) is 21.6. The maximum atomic E-state index is 12.9. The third-order valence-corrected chi connectivity index (χ3v) is 7.59. The van der Waals surface area contributed by atoms with Crippen molar-refractivity contribution in [3.05, 3.63) is 11.1 Å². The van der Waals surface area contributed by atoms with Crippen molar-refractivity contribution < 1.29 is 27.6 Å². The fourth-order valence-corrected chi connectivity index (χ4v) is 7.72. The van der Waals surface area contributed by atoms with E-state index in [1.165, 1.54) is 7.11 Å². The topological polar surface area (TPSA) is 93.1 Å². The molecule has 0 saturated heterocycles. The van der Waals surface area contributed by atoms with Crippen molar-refractivity contribution in [2.24, 2.45) is 22.2 Å². The van der Waals surface area contributed by atoms with E-state index in [0.717, 1.165) is 12.8 Å². The Morgan fingerprint density at radius 3 is 2.21 bits per heavy atom. The zero-order chi connectivity index (χ0) is 25.6. The van der Waals surface area contributed by atoms with Crippen LogP contribution in [0.2, 0.25) is 0 Å². The number of aromatic hydroxyl groups is 1. The molecule has 33 heavy (non-hydrogen) atoms. The highest BCUT2D eigenvalue weighted by Gasteiger charge is 2.53. The molecule has 0 amide bonds. The molecule has 2 N–H and O–H groups in total. The first-order valence-electron chi connectivity index (χ1n) is 12.0. The fraction of sp³-hybridized carbons (Fsp3) is 0.769. The van der Waals surface area contributed by atoms with Gasteiger partial charge in [-0.1, -0.05) is 68.7 Å². The number of benzene rings is 1. The summed E-state index contributed by atoms with van der Waals surface area (Å²) in [5.74, 6) is 0.0612. The quantitative estimate of drug-likeness (QED) is 0.404. The van der Waals surface area contributed by atoms with Crippen molar-refractivity contribution >= 4 is 10.1 Å². The largest absolute Gasteiger partial charge is 0.502 e. The molecule has 1 heterocycles. The van der Waals surface area contributed by atoms with Crippen LogP contribution < -0.4 is 9.47 Å². The van der Waals surface area contributed by atoms with Crippen LogP contribution in [-0.2, 0) is 16.5 Å². The maximum Gasteiger partial charge on any atom is 0.295 e. The van der Waals surface area contributed by atoms with Gasteiger partial charge < -0.3 is 14.6 Å². The third-order valence-electron chi connectivity index (χ3n) is 6.60. The molecule has 0 aromatic heterocycles. The van der Waals surface area contributed by atoms with E-state index in [0.29, 0.717) is 36.5 Å². The van der Waals surface area contributed by atoms with E-state index < -0.39 is 15.5 Å². The van der Waals surface area contributed by atoms with Gasteiger partial charge in [0.15, 0.2) is 11.5 Å². The summed E-state index contributed by atoms with van der Waals surface area (Å²) in [5, 5.41) is 11.2. The Hall–Kier alpha value is -1.47. The highest BCUT2D eigenvalue weighted by atomic mass is 32.2. The molecule has 2 atom stereocenters. The van der Waals surface area contributed by atoms with Gasteiger partial charge in [-0.25, -0.2) is 0 Å². The number of phenolic OH excluding ortho intramolecular Hbond substituents is 1. The summed E-state index contributed by atoms with van der Waals surface area (Å²) in [6, 6.07) is 0. The summed E-state index contributed by atoms with van der Waals surface area (Å²) in [4.78, 5) is -0.157. The number of hydrogen-bond acceptors (Lipinski definition) is 5. The Morgan fingerprint density at radius 2 is 1.79 bits per heavy atom. The molecule has 2 rings (SSSR count). The average molecular weight is 485 g/mol. The number of methoxy groups -OCH3 is 1. The highest BCUT2D eigenvalue weighted by molar-refractivity contribution is 7.86. The Bertz CT molecular complexity index is 972. The summed E-state index contributed by atoms with van der Waals surface area (Å²) in [6.07, 6.45) is 2.59. The molecule has 0 radical (unpaired) electrons. The minimum atomic E-state index is -4.63. The molecule has 0 fully saturated rings. The van der Waals surface area contributed by atoms with E-state index in [9.17, 15) is 18.1 Å². The molecular weight excluding hydrogens is 440 g/mol. The van der Waals surface area contributed by atoms with Gasteiger partial charge in [0.2, 0.25) is 5.75 Å². The first kappa shape index (κ1) is 27.8. The van der Waals surface area contributed by atoms with Gasteiger partial charge in [-0.05, 0) is 36.0 Å². The number of ether oxygens (including phenoxy) is 2. The van der Waals surface area contributed by atoms with Gasteiger partial charge in [-0.15, -0.1) is 0 Å². The van der Waals surface area contributed by atoms with Crippen LogP contribution in [0.1, 0.15) is 98.6 Å². The molecule has 6 nitrogen and oxygen atoms in total. The number of fused-ring (bicyclic) bond motifs is 1. The van der Waals surface area contributed by atoms with Gasteiger partial charge in [0.1, 0.15) is 4.90 Å². The van der Waals surface area contributed by atoms with Crippen molar-refractivity contribution in [1.82, 2.24) is 0 Å². The molecule has 190 valence electrons. The van der Waals surface area contributed by atoms with E-state index in [1.54, 1.807) is 0 Å². The van der Waals surface area contributed by atoms with Crippen molar-refractivity contribution in [1.29, 1.82) is 0 Å². The van der Waals surface area contributed by atoms with Crippen LogP contribution in [0.4, 0.5) is 0 Å². The van der Waals surface area contributed by atoms with Crippen molar-refractivity contribution in [3.63, 3.8) is 0 Å². The summed E-state index contributed by atoms with van der Waals surface area (Å²) < 4.78 is 48.0. The van der Waals surface area contributed by atoms with Crippen LogP contribution >= 0.6 is 0 Å². The van der Waals surface area contributed by atoms with Crippen molar-refractivity contribution in [2.75, 3.05) is 13.7 Å². The lowest BCUT2D eigenvalue weighted by Gasteiger charge is -2.52. The number of rotatable bonds is 8. The Kier molecular flexibility index (Phi) is 7.82. The zero-order valence-corrected chi connectivity index (χ0v) is 22.9. The summed E-state index contributed by atoms with van der Waals surface area (Å²) in [5.41, 5.74) is -0.0696. The second-order valence-electron chi connectivity index (χ2n) is 12.4. The predicted molar refractivity (Wildman–Crippen MR) is 132 cm³/mol. The van der Waals surface area contributed by atoms with Crippen LogP contribution in [0.25, 0.3) is 0 Å².